The van der Waals surface area contributed by atoms with Crippen molar-refractivity contribution in [2.24, 2.45) is 5.92 Å². The zero-order valence-corrected chi connectivity index (χ0v) is 9.91. The molecule has 0 radical (unpaired) electrons. The second kappa shape index (κ2) is 3.99. The van der Waals surface area contributed by atoms with Gasteiger partial charge in [-0.2, -0.15) is 0 Å². The molecule has 2 unspecified atom stereocenters. The van der Waals surface area contributed by atoms with E-state index in [2.05, 4.69) is 48.6 Å². The van der Waals surface area contributed by atoms with Crippen molar-refractivity contribution in [2.75, 3.05) is 0 Å². The average Bonchev–Trinajstić information content (AvgIpc) is 3.03. The van der Waals surface area contributed by atoms with E-state index in [4.69, 9.17) is 12.2 Å². The van der Waals surface area contributed by atoms with Crippen molar-refractivity contribution in [3.05, 3.63) is 59.7 Å². The Hall–Kier alpha value is -1.21. The van der Waals surface area contributed by atoms with Crippen molar-refractivity contribution in [2.45, 2.75) is 18.8 Å². The maximum Gasteiger partial charge on any atom is 0.0271 e. The molecular weight excluding hydrogens is 212 g/mol. The molecule has 1 aromatic rings. The minimum atomic E-state index is 0.508. The fourth-order valence-electron chi connectivity index (χ4n) is 2.53. The molecule has 1 saturated carbocycles. The summed E-state index contributed by atoms with van der Waals surface area (Å²) in [5.74, 6) is 1.05. The third-order valence-corrected chi connectivity index (χ3v) is 3.95. The lowest BCUT2D eigenvalue weighted by molar-refractivity contribution is 0.835. The zero-order valence-electron chi connectivity index (χ0n) is 9.10. The second-order valence-corrected chi connectivity index (χ2v) is 4.95. The molecule has 2 aliphatic carbocycles. The van der Waals surface area contributed by atoms with Crippen molar-refractivity contribution < 1.29 is 0 Å². The Morgan fingerprint density at radius 3 is 2.56 bits per heavy atom. The van der Waals surface area contributed by atoms with Gasteiger partial charge in [0.15, 0.2) is 0 Å². The molecule has 16 heavy (non-hydrogen) atoms. The summed E-state index contributed by atoms with van der Waals surface area (Å²) in [4.78, 5) is 1.23. The highest BCUT2D eigenvalue weighted by atomic mass is 32.1. The van der Waals surface area contributed by atoms with Crippen LogP contribution in [0.2, 0.25) is 0 Å². The minimum Gasteiger partial charge on any atom is -0.0883 e. The number of benzene rings is 1. The van der Waals surface area contributed by atoms with Gasteiger partial charge in [-0.1, -0.05) is 66.4 Å². The van der Waals surface area contributed by atoms with Crippen molar-refractivity contribution in [1.82, 2.24) is 0 Å². The quantitative estimate of drug-likeness (QED) is 0.686. The summed E-state index contributed by atoms with van der Waals surface area (Å²) < 4.78 is 0. The topological polar surface area (TPSA) is 0 Å². The average molecular weight is 226 g/mol. The third-order valence-electron chi connectivity index (χ3n) is 3.44. The predicted octanol–water partition coefficient (Wildman–Crippen LogP) is 4.05. The molecule has 0 aromatic heterocycles. The van der Waals surface area contributed by atoms with Crippen LogP contribution in [-0.2, 0) is 0 Å². The normalized spacial score (nSPS) is 27.8. The maximum atomic E-state index is 5.49. The van der Waals surface area contributed by atoms with Crippen LogP contribution < -0.4 is 0 Å². The SMILES string of the molecule is S=C1C(C2=CC=CCC2)C1c1ccccc1. The molecule has 1 heteroatoms. The van der Waals surface area contributed by atoms with E-state index in [1.54, 1.807) is 0 Å². The van der Waals surface area contributed by atoms with E-state index in [1.165, 1.54) is 28.8 Å². The van der Waals surface area contributed by atoms with E-state index in [0.717, 1.165) is 0 Å². The lowest BCUT2D eigenvalue weighted by atomic mass is 9.98. The summed E-state index contributed by atoms with van der Waals surface area (Å²) in [6.07, 6.45) is 9.01. The summed E-state index contributed by atoms with van der Waals surface area (Å²) >= 11 is 5.49. The molecule has 1 fully saturated rings. The van der Waals surface area contributed by atoms with Gasteiger partial charge in [0.05, 0.1) is 0 Å². The van der Waals surface area contributed by atoms with Crippen molar-refractivity contribution in [3.8, 4) is 0 Å². The molecule has 0 amide bonds. The molecule has 2 atom stereocenters. The molecule has 80 valence electrons. The first kappa shape index (κ1) is 9.98. The van der Waals surface area contributed by atoms with Gasteiger partial charge in [0.2, 0.25) is 0 Å². The van der Waals surface area contributed by atoms with Gasteiger partial charge >= 0.3 is 0 Å². The number of allylic oxidation sites excluding steroid dienone is 4. The standard InChI is InChI=1S/C15H14S/c16-15-13(11-7-3-1-4-8-11)14(15)12-9-5-2-6-10-12/h1-5,7-9,13-14H,6,10H2. The van der Waals surface area contributed by atoms with Crippen LogP contribution in [0.5, 0.6) is 0 Å². The first-order valence-corrected chi connectivity index (χ1v) is 6.23. The van der Waals surface area contributed by atoms with E-state index < -0.39 is 0 Å². The molecule has 1 aromatic carbocycles. The van der Waals surface area contributed by atoms with Gasteiger partial charge < -0.3 is 0 Å². The number of thiocarbonyl (C=S) groups is 1. The molecule has 2 aliphatic rings. The van der Waals surface area contributed by atoms with Gasteiger partial charge in [0, 0.05) is 16.7 Å². The fourth-order valence-corrected chi connectivity index (χ4v) is 3.03. The van der Waals surface area contributed by atoms with Crippen LogP contribution in [0.3, 0.4) is 0 Å². The molecule has 0 heterocycles. The lowest BCUT2D eigenvalue weighted by Crippen LogP contribution is -1.92. The summed E-state index contributed by atoms with van der Waals surface area (Å²) in [5, 5.41) is 0. The minimum absolute atomic E-state index is 0.508. The molecule has 0 spiro atoms. The van der Waals surface area contributed by atoms with Crippen molar-refractivity contribution in [3.63, 3.8) is 0 Å². The van der Waals surface area contributed by atoms with Gasteiger partial charge in [-0.25, -0.2) is 0 Å². The summed E-state index contributed by atoms with van der Waals surface area (Å²) in [5.41, 5.74) is 2.91. The van der Waals surface area contributed by atoms with Gasteiger partial charge in [-0.05, 0) is 18.4 Å². The number of hydrogen-bond donors (Lipinski definition) is 0. The highest BCUT2D eigenvalue weighted by Crippen LogP contribution is 2.50. The van der Waals surface area contributed by atoms with E-state index in [9.17, 15) is 0 Å². The highest BCUT2D eigenvalue weighted by Gasteiger charge is 2.47. The smallest absolute Gasteiger partial charge is 0.0271 e. The number of hydrogen-bond acceptors (Lipinski definition) is 1. The molecule has 3 rings (SSSR count). The van der Waals surface area contributed by atoms with Gasteiger partial charge in [-0.15, -0.1) is 0 Å². The Morgan fingerprint density at radius 2 is 1.88 bits per heavy atom. The Labute approximate surface area is 102 Å². The number of rotatable bonds is 2. The Balaban J connectivity index is 1.84. The van der Waals surface area contributed by atoms with Crippen LogP contribution in [0.1, 0.15) is 24.3 Å². The van der Waals surface area contributed by atoms with Gasteiger partial charge in [0.1, 0.15) is 0 Å². The van der Waals surface area contributed by atoms with Crippen LogP contribution in [0.25, 0.3) is 0 Å². The fraction of sp³-hybridized carbons (Fsp3) is 0.267. The van der Waals surface area contributed by atoms with E-state index in [1.807, 2.05) is 0 Å². The molecule has 0 saturated heterocycles. The van der Waals surface area contributed by atoms with Crippen molar-refractivity contribution >= 4 is 17.1 Å². The monoisotopic (exact) mass is 226 g/mol. The molecule has 0 nitrogen and oxygen atoms in total. The van der Waals surface area contributed by atoms with E-state index in [0.29, 0.717) is 11.8 Å². The van der Waals surface area contributed by atoms with E-state index >= 15 is 0 Å². The Kier molecular flexibility index (Phi) is 2.49. The molecule has 0 bridgehead atoms. The molecular formula is C15H14S. The first-order chi connectivity index (χ1) is 7.88. The summed E-state index contributed by atoms with van der Waals surface area (Å²) in [6, 6.07) is 10.6. The summed E-state index contributed by atoms with van der Waals surface area (Å²) in [6.45, 7) is 0. The predicted molar refractivity (Wildman–Crippen MR) is 71.7 cm³/mol. The summed E-state index contributed by atoms with van der Waals surface area (Å²) in [7, 11) is 0. The van der Waals surface area contributed by atoms with Crippen LogP contribution >= 0.6 is 12.2 Å². The van der Waals surface area contributed by atoms with Crippen LogP contribution in [0, 0.1) is 5.92 Å². The Morgan fingerprint density at radius 1 is 1.06 bits per heavy atom. The van der Waals surface area contributed by atoms with E-state index in [-0.39, 0.29) is 0 Å². The van der Waals surface area contributed by atoms with Crippen LogP contribution in [0.15, 0.2) is 54.1 Å². The van der Waals surface area contributed by atoms with Crippen LogP contribution in [0.4, 0.5) is 0 Å². The zero-order chi connectivity index (χ0) is 11.0. The highest BCUT2D eigenvalue weighted by molar-refractivity contribution is 7.81. The van der Waals surface area contributed by atoms with Crippen molar-refractivity contribution in [1.29, 1.82) is 0 Å². The first-order valence-electron chi connectivity index (χ1n) is 5.82. The molecule has 0 aliphatic heterocycles. The van der Waals surface area contributed by atoms with Gasteiger partial charge in [0.25, 0.3) is 0 Å². The van der Waals surface area contributed by atoms with Crippen LogP contribution in [-0.4, -0.2) is 4.86 Å². The third kappa shape index (κ3) is 1.65. The second-order valence-electron chi connectivity index (χ2n) is 4.48. The molecule has 0 N–H and O–H groups in total. The lowest BCUT2D eigenvalue weighted by Gasteiger charge is -2.07. The Bertz CT molecular complexity index is 467. The largest absolute Gasteiger partial charge is 0.0883 e. The van der Waals surface area contributed by atoms with Gasteiger partial charge in [-0.3, -0.25) is 0 Å². The maximum absolute atomic E-state index is 5.49.